The minimum absolute atomic E-state index is 0.0304. The highest BCUT2D eigenvalue weighted by Crippen LogP contribution is 2.45. The van der Waals surface area contributed by atoms with Crippen molar-refractivity contribution in [3.8, 4) is 0 Å². The van der Waals surface area contributed by atoms with Crippen LogP contribution in [0.15, 0.2) is 0 Å². The van der Waals surface area contributed by atoms with Crippen molar-refractivity contribution >= 4 is 11.8 Å². The number of piperidine rings is 1. The van der Waals surface area contributed by atoms with Gasteiger partial charge in [-0.05, 0) is 70.8 Å². The Balaban J connectivity index is 1.24. The van der Waals surface area contributed by atoms with Crippen LogP contribution in [0.2, 0.25) is 0 Å². The van der Waals surface area contributed by atoms with Gasteiger partial charge >= 0.3 is 0 Å². The van der Waals surface area contributed by atoms with Crippen LogP contribution in [0, 0.1) is 17.3 Å². The quantitative estimate of drug-likeness (QED) is 0.264. The first-order valence-corrected chi connectivity index (χ1v) is 17.9. The van der Waals surface area contributed by atoms with Gasteiger partial charge in [0.05, 0.1) is 30.1 Å². The zero-order valence-corrected chi connectivity index (χ0v) is 27.7. The zero-order valence-electron chi connectivity index (χ0n) is 27.7. The Morgan fingerprint density at radius 1 is 0.911 bits per heavy atom. The lowest BCUT2D eigenvalue weighted by atomic mass is 9.66. The highest BCUT2D eigenvalue weighted by atomic mass is 19.1. The number of carbonyl (C=O) groups excluding carboxylic acids is 2. The van der Waals surface area contributed by atoms with E-state index >= 15 is 4.39 Å². The van der Waals surface area contributed by atoms with E-state index in [4.69, 9.17) is 11.5 Å². The van der Waals surface area contributed by atoms with E-state index in [2.05, 4.69) is 39.6 Å². The number of nitrogens with two attached hydrogens (primary N) is 2. The molecule has 12 heteroatoms. The molecule has 258 valence electrons. The van der Waals surface area contributed by atoms with Gasteiger partial charge < -0.3 is 37.2 Å². The van der Waals surface area contributed by atoms with Crippen LogP contribution in [0.25, 0.3) is 0 Å². The third-order valence-corrected chi connectivity index (χ3v) is 11.7. The van der Waals surface area contributed by atoms with Gasteiger partial charge in [0.2, 0.25) is 11.8 Å². The smallest absolute Gasteiger partial charge is 0.227 e. The summed E-state index contributed by atoms with van der Waals surface area (Å²) in [6.45, 7) is 9.16. The van der Waals surface area contributed by atoms with E-state index in [1.165, 1.54) is 6.42 Å². The number of hydrogen-bond acceptors (Lipinski definition) is 8. The standard InChI is InChI=1S/C33H60F2N8O2/c1-22(2)43-12-8-23(21-43)32(45)42-15-13-41(14-16-42)29-25(35)19-38-20-27(29)40-31(44)28(30(36)37)26-17-33(9-4-3-5-10-33)11-6-7-24(34)18-39-26/h22-30,38-39H,3-21,36-37H2,1-2H3,(H,40,44). The summed E-state index contributed by atoms with van der Waals surface area (Å²) in [4.78, 5) is 33.8. The molecule has 7 N–H and O–H groups in total. The van der Waals surface area contributed by atoms with Crippen molar-refractivity contribution < 1.29 is 18.4 Å². The first-order chi connectivity index (χ1) is 21.6. The molecule has 0 aromatic rings. The molecular formula is C33H60F2N8O2. The SMILES string of the molecule is CC(C)N1CCC(C(=O)N2CCN(C3C(F)CNCC3NC(=O)C(C(N)N)C3CC4(CCCCC4)CCCC(F)CN3)CC2)C1. The van der Waals surface area contributed by atoms with Gasteiger partial charge in [-0.25, -0.2) is 8.78 Å². The molecule has 1 saturated carbocycles. The molecule has 1 spiro atoms. The van der Waals surface area contributed by atoms with Crippen molar-refractivity contribution in [1.29, 1.82) is 0 Å². The Kier molecular flexibility index (Phi) is 12.1. The summed E-state index contributed by atoms with van der Waals surface area (Å²) in [6, 6.07) is -0.915. The molecule has 45 heavy (non-hydrogen) atoms. The molecule has 7 atom stereocenters. The molecule has 4 saturated heterocycles. The molecule has 10 nitrogen and oxygen atoms in total. The fourth-order valence-electron chi connectivity index (χ4n) is 9.08. The topological polar surface area (TPSA) is 132 Å². The highest BCUT2D eigenvalue weighted by Gasteiger charge is 2.45. The molecule has 4 aliphatic heterocycles. The second kappa shape index (κ2) is 15.6. The van der Waals surface area contributed by atoms with E-state index < -0.39 is 36.5 Å². The maximum absolute atomic E-state index is 15.6. The van der Waals surface area contributed by atoms with Crippen LogP contribution >= 0.6 is 0 Å². The van der Waals surface area contributed by atoms with Gasteiger partial charge in [-0.15, -0.1) is 0 Å². The summed E-state index contributed by atoms with van der Waals surface area (Å²) in [5.41, 5.74) is 12.7. The number of hydrogen-bond donors (Lipinski definition) is 5. The Bertz CT molecular complexity index is 974. The Hall–Kier alpha value is -1.44. The molecule has 7 unspecified atom stereocenters. The molecule has 5 rings (SSSR count). The van der Waals surface area contributed by atoms with E-state index in [0.717, 1.165) is 64.5 Å². The van der Waals surface area contributed by atoms with Gasteiger partial charge in [0.25, 0.3) is 0 Å². The predicted octanol–water partition coefficient (Wildman–Crippen LogP) is 1.34. The number of nitrogens with one attached hydrogen (secondary N) is 3. The average molecular weight is 639 g/mol. The molecular weight excluding hydrogens is 578 g/mol. The first-order valence-electron chi connectivity index (χ1n) is 17.9. The third-order valence-electron chi connectivity index (χ3n) is 11.7. The Morgan fingerprint density at radius 2 is 1.62 bits per heavy atom. The van der Waals surface area contributed by atoms with Crippen molar-refractivity contribution in [2.75, 3.05) is 58.9 Å². The van der Waals surface area contributed by atoms with Crippen LogP contribution in [0.4, 0.5) is 8.78 Å². The fourth-order valence-corrected chi connectivity index (χ4v) is 9.08. The van der Waals surface area contributed by atoms with Gasteiger partial charge in [0, 0.05) is 64.4 Å². The number of piperazine rings is 1. The van der Waals surface area contributed by atoms with Crippen LogP contribution in [-0.2, 0) is 9.59 Å². The van der Waals surface area contributed by atoms with E-state index in [1.54, 1.807) is 0 Å². The molecule has 0 aromatic heterocycles. The summed E-state index contributed by atoms with van der Waals surface area (Å²) >= 11 is 0. The fraction of sp³-hybridized carbons (Fsp3) is 0.939. The van der Waals surface area contributed by atoms with Gasteiger partial charge in [0.15, 0.2) is 0 Å². The molecule has 2 amide bonds. The maximum Gasteiger partial charge on any atom is 0.227 e. The second-order valence-corrected chi connectivity index (χ2v) is 15.1. The predicted molar refractivity (Wildman–Crippen MR) is 173 cm³/mol. The van der Waals surface area contributed by atoms with Crippen LogP contribution in [0.3, 0.4) is 0 Å². The number of alkyl halides is 2. The highest BCUT2D eigenvalue weighted by molar-refractivity contribution is 5.81. The summed E-state index contributed by atoms with van der Waals surface area (Å²) < 4.78 is 30.4. The lowest BCUT2D eigenvalue weighted by molar-refractivity contribution is -0.137. The Labute approximate surface area is 269 Å². The zero-order chi connectivity index (χ0) is 32.1. The second-order valence-electron chi connectivity index (χ2n) is 15.1. The summed E-state index contributed by atoms with van der Waals surface area (Å²) in [7, 11) is 0. The van der Waals surface area contributed by atoms with Crippen molar-refractivity contribution in [2.45, 2.75) is 121 Å². The number of halogens is 2. The van der Waals surface area contributed by atoms with Gasteiger partial charge in [-0.2, -0.15) is 0 Å². The number of amides is 2. The molecule has 0 radical (unpaired) electrons. The first kappa shape index (κ1) is 34.9. The van der Waals surface area contributed by atoms with Gasteiger partial charge in [0.1, 0.15) is 12.3 Å². The average Bonchev–Trinajstić information content (AvgIpc) is 3.52. The van der Waals surface area contributed by atoms with E-state index in [0.29, 0.717) is 45.2 Å². The van der Waals surface area contributed by atoms with Crippen LogP contribution < -0.4 is 27.4 Å². The van der Waals surface area contributed by atoms with Gasteiger partial charge in [-0.3, -0.25) is 14.5 Å². The largest absolute Gasteiger partial charge is 0.350 e. The number of carbonyl (C=O) groups is 2. The van der Waals surface area contributed by atoms with E-state index in [-0.39, 0.29) is 42.3 Å². The van der Waals surface area contributed by atoms with Crippen molar-refractivity contribution in [1.82, 2.24) is 30.7 Å². The minimum Gasteiger partial charge on any atom is -0.350 e. The summed E-state index contributed by atoms with van der Waals surface area (Å²) in [6.07, 6.45) is 6.57. The lowest BCUT2D eigenvalue weighted by Gasteiger charge is -2.46. The molecule has 5 fully saturated rings. The van der Waals surface area contributed by atoms with Crippen LogP contribution in [0.1, 0.15) is 78.1 Å². The van der Waals surface area contributed by atoms with Crippen molar-refractivity contribution in [3.05, 3.63) is 0 Å². The number of rotatable bonds is 7. The van der Waals surface area contributed by atoms with Crippen LogP contribution in [-0.4, -0.2) is 128 Å². The van der Waals surface area contributed by atoms with Crippen LogP contribution in [0.5, 0.6) is 0 Å². The molecule has 5 aliphatic rings. The number of likely N-dealkylation sites (tertiary alicyclic amines) is 1. The van der Waals surface area contributed by atoms with Crippen molar-refractivity contribution in [3.63, 3.8) is 0 Å². The molecule has 0 bridgehead atoms. The maximum atomic E-state index is 15.6. The number of nitrogens with zero attached hydrogens (tertiary/aromatic N) is 3. The van der Waals surface area contributed by atoms with E-state index in [1.807, 2.05) is 4.90 Å². The molecule has 4 heterocycles. The minimum atomic E-state index is -1.17. The summed E-state index contributed by atoms with van der Waals surface area (Å²) in [5, 5.41) is 9.69. The van der Waals surface area contributed by atoms with E-state index in [9.17, 15) is 14.0 Å². The third kappa shape index (κ3) is 8.54. The molecule has 0 aromatic carbocycles. The van der Waals surface area contributed by atoms with Gasteiger partial charge in [-0.1, -0.05) is 19.3 Å². The normalized spacial score (nSPS) is 34.8. The molecule has 1 aliphatic carbocycles. The summed E-state index contributed by atoms with van der Waals surface area (Å²) in [5.74, 6) is -0.819. The monoisotopic (exact) mass is 638 g/mol. The lowest BCUT2D eigenvalue weighted by Crippen LogP contribution is -2.69. The Morgan fingerprint density at radius 3 is 2.29 bits per heavy atom. The van der Waals surface area contributed by atoms with Crippen molar-refractivity contribution in [2.24, 2.45) is 28.7 Å².